The Labute approximate surface area is 106 Å². The van der Waals surface area contributed by atoms with Crippen LogP contribution in [0.2, 0.25) is 0 Å². The van der Waals surface area contributed by atoms with Crippen LogP contribution in [-0.4, -0.2) is 24.4 Å². The van der Waals surface area contributed by atoms with Crippen molar-refractivity contribution in [3.63, 3.8) is 0 Å². The van der Waals surface area contributed by atoms with Gasteiger partial charge in [0.1, 0.15) is 5.75 Å². The van der Waals surface area contributed by atoms with Gasteiger partial charge < -0.3 is 15.2 Å². The van der Waals surface area contributed by atoms with E-state index in [4.69, 9.17) is 0 Å². The molecule has 0 saturated heterocycles. The molecule has 1 aromatic rings. The Morgan fingerprint density at radius 2 is 1.83 bits per heavy atom. The van der Waals surface area contributed by atoms with Crippen molar-refractivity contribution < 1.29 is 18.6 Å². The highest BCUT2D eigenvalue weighted by Crippen LogP contribution is 2.14. The number of hydrogen-bond acceptors (Lipinski definition) is 3. The topological polar surface area (TPSA) is 41.5 Å². The summed E-state index contributed by atoms with van der Waals surface area (Å²) >= 11 is 0. The van der Waals surface area contributed by atoms with E-state index < -0.39 is 6.61 Å². The quantitative estimate of drug-likeness (QED) is 0.790. The Bertz CT molecular complexity index is 341. The zero-order valence-corrected chi connectivity index (χ0v) is 10.6. The number of ether oxygens (including phenoxy) is 1. The van der Waals surface area contributed by atoms with Crippen molar-refractivity contribution in [2.45, 2.75) is 33.1 Å². The van der Waals surface area contributed by atoms with Gasteiger partial charge in [0, 0.05) is 13.1 Å². The number of hydrogen-bond donors (Lipinski definition) is 2. The van der Waals surface area contributed by atoms with E-state index in [1.807, 2.05) is 13.8 Å². The maximum atomic E-state index is 11.9. The minimum absolute atomic E-state index is 0.149. The maximum absolute atomic E-state index is 11.9. The minimum atomic E-state index is -2.80. The van der Waals surface area contributed by atoms with E-state index in [1.165, 1.54) is 12.1 Å². The molecule has 0 aromatic heterocycles. The Kier molecular flexibility index (Phi) is 6.01. The molecule has 0 radical (unpaired) electrons. The van der Waals surface area contributed by atoms with Crippen LogP contribution in [0.15, 0.2) is 24.3 Å². The van der Waals surface area contributed by atoms with Gasteiger partial charge in [-0.25, -0.2) is 0 Å². The van der Waals surface area contributed by atoms with E-state index in [2.05, 4.69) is 10.1 Å². The molecule has 1 aromatic carbocycles. The lowest BCUT2D eigenvalue weighted by Gasteiger charge is -2.15. The monoisotopic (exact) mass is 259 g/mol. The van der Waals surface area contributed by atoms with Crippen LogP contribution in [0, 0.1) is 5.92 Å². The maximum Gasteiger partial charge on any atom is 0.387 e. The lowest BCUT2D eigenvalue weighted by atomic mass is 10.1. The summed E-state index contributed by atoms with van der Waals surface area (Å²) in [6.45, 7) is 2.19. The molecule has 0 heterocycles. The van der Waals surface area contributed by atoms with Gasteiger partial charge >= 0.3 is 6.61 Å². The lowest BCUT2D eigenvalue weighted by molar-refractivity contribution is -0.0498. The lowest BCUT2D eigenvalue weighted by Crippen LogP contribution is -2.30. The second-order valence-corrected chi connectivity index (χ2v) is 4.46. The highest BCUT2D eigenvalue weighted by atomic mass is 19.3. The van der Waals surface area contributed by atoms with Crippen LogP contribution in [0.25, 0.3) is 0 Å². The molecule has 1 atom stereocenters. The van der Waals surface area contributed by atoms with Crippen molar-refractivity contribution in [3.05, 3.63) is 29.8 Å². The van der Waals surface area contributed by atoms with Gasteiger partial charge in [-0.2, -0.15) is 8.78 Å². The number of alkyl halides is 2. The van der Waals surface area contributed by atoms with Gasteiger partial charge in [0.05, 0.1) is 6.10 Å². The Morgan fingerprint density at radius 1 is 1.22 bits per heavy atom. The molecule has 0 aliphatic rings. The fraction of sp³-hybridized carbons (Fsp3) is 0.538. The molecule has 0 aliphatic heterocycles. The van der Waals surface area contributed by atoms with E-state index in [-0.39, 0.29) is 17.8 Å². The largest absolute Gasteiger partial charge is 0.435 e. The van der Waals surface area contributed by atoms with Crippen LogP contribution in [-0.2, 0) is 6.54 Å². The first kappa shape index (κ1) is 14.9. The first-order valence-electron chi connectivity index (χ1n) is 5.91. The molecule has 0 fully saturated rings. The number of aliphatic hydroxyl groups excluding tert-OH is 1. The normalized spacial score (nSPS) is 13.1. The molecule has 18 heavy (non-hydrogen) atoms. The molecule has 102 valence electrons. The fourth-order valence-corrected chi connectivity index (χ4v) is 1.39. The van der Waals surface area contributed by atoms with E-state index >= 15 is 0 Å². The second-order valence-electron chi connectivity index (χ2n) is 4.46. The van der Waals surface area contributed by atoms with Gasteiger partial charge in [0.15, 0.2) is 0 Å². The van der Waals surface area contributed by atoms with Crippen molar-refractivity contribution in [1.82, 2.24) is 5.32 Å². The molecule has 0 amide bonds. The second kappa shape index (κ2) is 7.28. The first-order valence-corrected chi connectivity index (χ1v) is 5.91. The first-order chi connectivity index (χ1) is 8.49. The van der Waals surface area contributed by atoms with Crippen molar-refractivity contribution in [3.8, 4) is 5.75 Å². The van der Waals surface area contributed by atoms with Gasteiger partial charge in [-0.3, -0.25) is 0 Å². The number of aliphatic hydroxyl groups is 1. The van der Waals surface area contributed by atoms with Crippen molar-refractivity contribution in [2.75, 3.05) is 6.54 Å². The van der Waals surface area contributed by atoms with Crippen molar-refractivity contribution in [1.29, 1.82) is 0 Å². The summed E-state index contributed by atoms with van der Waals surface area (Å²) in [5.41, 5.74) is 0.951. The standard InChI is InChI=1S/C13H19F2NO2/c1-9(2)12(17)8-16-7-10-3-5-11(6-4-10)18-13(14)15/h3-6,9,12-13,16-17H,7-8H2,1-2H3. The minimum Gasteiger partial charge on any atom is -0.435 e. The predicted molar refractivity (Wildman–Crippen MR) is 65.6 cm³/mol. The predicted octanol–water partition coefficient (Wildman–Crippen LogP) is 2.39. The molecule has 0 bridgehead atoms. The van der Waals surface area contributed by atoms with Crippen LogP contribution in [0.5, 0.6) is 5.75 Å². The Hall–Kier alpha value is -1.20. The average molecular weight is 259 g/mol. The summed E-state index contributed by atoms with van der Waals surface area (Å²) < 4.78 is 28.1. The van der Waals surface area contributed by atoms with Crippen LogP contribution < -0.4 is 10.1 Å². The van der Waals surface area contributed by atoms with E-state index in [9.17, 15) is 13.9 Å². The van der Waals surface area contributed by atoms with Crippen LogP contribution in [0.1, 0.15) is 19.4 Å². The molecule has 2 N–H and O–H groups in total. The Balaban J connectivity index is 2.35. The summed E-state index contributed by atoms with van der Waals surface area (Å²) in [6.07, 6.45) is -0.383. The zero-order chi connectivity index (χ0) is 13.5. The van der Waals surface area contributed by atoms with Gasteiger partial charge in [-0.15, -0.1) is 0 Å². The van der Waals surface area contributed by atoms with E-state index in [0.717, 1.165) is 5.56 Å². The Morgan fingerprint density at radius 3 is 2.33 bits per heavy atom. The fourth-order valence-electron chi connectivity index (χ4n) is 1.39. The number of halogens is 2. The smallest absolute Gasteiger partial charge is 0.387 e. The van der Waals surface area contributed by atoms with Crippen LogP contribution in [0.4, 0.5) is 8.78 Å². The molecular weight excluding hydrogens is 240 g/mol. The number of nitrogens with one attached hydrogen (secondary N) is 1. The third-order valence-electron chi connectivity index (χ3n) is 2.60. The summed E-state index contributed by atoms with van der Waals surface area (Å²) in [6, 6.07) is 6.43. The molecule has 1 rings (SSSR count). The SMILES string of the molecule is CC(C)C(O)CNCc1ccc(OC(F)F)cc1. The molecule has 0 saturated carbocycles. The van der Waals surface area contributed by atoms with Crippen LogP contribution >= 0.6 is 0 Å². The highest BCUT2D eigenvalue weighted by molar-refractivity contribution is 5.27. The van der Waals surface area contributed by atoms with E-state index in [1.54, 1.807) is 12.1 Å². The highest BCUT2D eigenvalue weighted by Gasteiger charge is 2.08. The number of benzene rings is 1. The van der Waals surface area contributed by atoms with Crippen molar-refractivity contribution in [2.24, 2.45) is 5.92 Å². The molecule has 1 unspecified atom stereocenters. The summed E-state index contributed by atoms with van der Waals surface area (Å²) in [4.78, 5) is 0. The van der Waals surface area contributed by atoms with Crippen molar-refractivity contribution >= 4 is 0 Å². The number of rotatable bonds is 7. The summed E-state index contributed by atoms with van der Waals surface area (Å²) in [5, 5.41) is 12.7. The zero-order valence-electron chi connectivity index (χ0n) is 10.6. The summed E-state index contributed by atoms with van der Waals surface area (Å²) in [7, 11) is 0. The van der Waals surface area contributed by atoms with E-state index in [0.29, 0.717) is 13.1 Å². The van der Waals surface area contributed by atoms with Crippen LogP contribution in [0.3, 0.4) is 0 Å². The third-order valence-corrected chi connectivity index (χ3v) is 2.60. The average Bonchev–Trinajstić information content (AvgIpc) is 2.30. The molecular formula is C13H19F2NO2. The molecule has 0 spiro atoms. The summed E-state index contributed by atoms with van der Waals surface area (Å²) in [5.74, 6) is 0.357. The van der Waals surface area contributed by atoms with Gasteiger partial charge in [0.25, 0.3) is 0 Å². The third kappa shape index (κ3) is 5.42. The van der Waals surface area contributed by atoms with Gasteiger partial charge in [0.2, 0.25) is 0 Å². The molecule has 5 heteroatoms. The molecule has 3 nitrogen and oxygen atoms in total. The van der Waals surface area contributed by atoms with Gasteiger partial charge in [-0.1, -0.05) is 26.0 Å². The molecule has 0 aliphatic carbocycles. The van der Waals surface area contributed by atoms with Gasteiger partial charge in [-0.05, 0) is 23.6 Å².